The van der Waals surface area contributed by atoms with Crippen LogP contribution < -0.4 is 10.5 Å². The maximum atomic E-state index is 6.20. The number of rotatable bonds is 5. The van der Waals surface area contributed by atoms with E-state index in [1.807, 2.05) is 36.4 Å². The number of halogens is 1. The van der Waals surface area contributed by atoms with Gasteiger partial charge >= 0.3 is 0 Å². The van der Waals surface area contributed by atoms with Crippen molar-refractivity contribution in [2.75, 3.05) is 12.9 Å². The summed E-state index contributed by atoms with van der Waals surface area (Å²) in [5, 5.41) is 0.959. The summed E-state index contributed by atoms with van der Waals surface area (Å²) in [5.74, 6) is 1.60. The first-order valence-corrected chi connectivity index (χ1v) is 7.61. The first kappa shape index (κ1) is 14.4. The number of ether oxygens (including phenoxy) is 1. The number of nitrogens with zero attached hydrogens (tertiary/aromatic N) is 1. The van der Waals surface area contributed by atoms with Crippen molar-refractivity contribution in [3.63, 3.8) is 0 Å². The van der Waals surface area contributed by atoms with Gasteiger partial charge in [0.05, 0.1) is 7.11 Å². The van der Waals surface area contributed by atoms with Crippen LogP contribution in [-0.4, -0.2) is 17.8 Å². The molecule has 2 rings (SSSR count). The molecule has 5 heteroatoms. The van der Waals surface area contributed by atoms with Gasteiger partial charge in [-0.3, -0.25) is 0 Å². The minimum atomic E-state index is -0.0472. The summed E-state index contributed by atoms with van der Waals surface area (Å²) in [6.07, 6.45) is 1.78. The third-order valence-electron chi connectivity index (χ3n) is 2.65. The van der Waals surface area contributed by atoms with Crippen LogP contribution in [-0.2, 0) is 0 Å². The van der Waals surface area contributed by atoms with E-state index < -0.39 is 0 Å². The summed E-state index contributed by atoms with van der Waals surface area (Å²) >= 11 is 5.12. The van der Waals surface area contributed by atoms with Crippen LogP contribution in [0.2, 0.25) is 0 Å². The monoisotopic (exact) mass is 338 g/mol. The summed E-state index contributed by atoms with van der Waals surface area (Å²) in [5.41, 5.74) is 7.27. The third-order valence-corrected chi connectivity index (χ3v) is 4.67. The molecule has 3 nitrogen and oxygen atoms in total. The topological polar surface area (TPSA) is 48.1 Å². The SMILES string of the molecule is COc1cccc(C(N)CSc2ncccc2Br)c1. The second-order valence-corrected chi connectivity index (χ2v) is 5.85. The van der Waals surface area contributed by atoms with Gasteiger partial charge in [0.15, 0.2) is 0 Å². The Morgan fingerprint density at radius 3 is 2.95 bits per heavy atom. The van der Waals surface area contributed by atoms with Gasteiger partial charge in [-0.2, -0.15) is 0 Å². The lowest BCUT2D eigenvalue weighted by Gasteiger charge is -2.12. The van der Waals surface area contributed by atoms with Crippen molar-refractivity contribution < 1.29 is 4.74 Å². The highest BCUT2D eigenvalue weighted by Gasteiger charge is 2.09. The normalized spacial score (nSPS) is 12.2. The summed E-state index contributed by atoms with van der Waals surface area (Å²) in [6, 6.07) is 11.7. The maximum Gasteiger partial charge on any atom is 0.119 e. The molecular formula is C14H15BrN2OS. The molecule has 19 heavy (non-hydrogen) atoms. The summed E-state index contributed by atoms with van der Waals surface area (Å²) in [7, 11) is 1.66. The van der Waals surface area contributed by atoms with Gasteiger partial charge in [0.1, 0.15) is 10.8 Å². The molecule has 0 bridgehead atoms. The number of benzene rings is 1. The van der Waals surface area contributed by atoms with Crippen molar-refractivity contribution >= 4 is 27.7 Å². The van der Waals surface area contributed by atoms with Crippen molar-refractivity contribution in [3.8, 4) is 5.75 Å². The van der Waals surface area contributed by atoms with Crippen LogP contribution in [0.4, 0.5) is 0 Å². The highest BCUT2D eigenvalue weighted by Crippen LogP contribution is 2.28. The molecule has 2 N–H and O–H groups in total. The van der Waals surface area contributed by atoms with E-state index in [1.165, 1.54) is 0 Å². The average molecular weight is 339 g/mol. The molecule has 1 aromatic carbocycles. The zero-order valence-electron chi connectivity index (χ0n) is 10.5. The van der Waals surface area contributed by atoms with Gasteiger partial charge in [0, 0.05) is 22.5 Å². The van der Waals surface area contributed by atoms with E-state index in [1.54, 1.807) is 25.1 Å². The average Bonchev–Trinajstić information content (AvgIpc) is 2.46. The Hall–Kier alpha value is -1.04. The number of hydrogen-bond acceptors (Lipinski definition) is 4. The minimum Gasteiger partial charge on any atom is -0.497 e. The second-order valence-electron chi connectivity index (χ2n) is 3.98. The van der Waals surface area contributed by atoms with Gasteiger partial charge < -0.3 is 10.5 Å². The van der Waals surface area contributed by atoms with Gasteiger partial charge in [-0.1, -0.05) is 12.1 Å². The molecule has 0 saturated heterocycles. The lowest BCUT2D eigenvalue weighted by molar-refractivity contribution is 0.414. The van der Waals surface area contributed by atoms with Gasteiger partial charge in [-0.25, -0.2) is 4.98 Å². The van der Waals surface area contributed by atoms with Crippen molar-refractivity contribution in [1.29, 1.82) is 0 Å². The van der Waals surface area contributed by atoms with E-state index in [9.17, 15) is 0 Å². The Bertz CT molecular complexity index is 550. The summed E-state index contributed by atoms with van der Waals surface area (Å²) in [6.45, 7) is 0. The van der Waals surface area contributed by atoms with Crippen molar-refractivity contribution in [3.05, 3.63) is 52.6 Å². The van der Waals surface area contributed by atoms with Crippen LogP contribution in [0.5, 0.6) is 5.75 Å². The molecular weight excluding hydrogens is 324 g/mol. The number of hydrogen-bond donors (Lipinski definition) is 1. The molecule has 2 aromatic rings. The van der Waals surface area contributed by atoms with Crippen LogP contribution in [0.3, 0.4) is 0 Å². The molecule has 0 spiro atoms. The third kappa shape index (κ3) is 3.96. The van der Waals surface area contributed by atoms with Crippen LogP contribution in [0.1, 0.15) is 11.6 Å². The molecule has 1 aromatic heterocycles. The predicted molar refractivity (Wildman–Crippen MR) is 82.6 cm³/mol. The molecule has 1 heterocycles. The number of thioether (sulfide) groups is 1. The van der Waals surface area contributed by atoms with Crippen LogP contribution in [0, 0.1) is 0 Å². The number of aromatic nitrogens is 1. The smallest absolute Gasteiger partial charge is 0.119 e. The van der Waals surface area contributed by atoms with Gasteiger partial charge in [-0.15, -0.1) is 11.8 Å². The first-order chi connectivity index (χ1) is 9.20. The molecule has 0 aliphatic carbocycles. The van der Waals surface area contributed by atoms with Gasteiger partial charge in [-0.05, 0) is 45.8 Å². The Kier molecular flexibility index (Phi) is 5.24. The maximum absolute atomic E-state index is 6.20. The van der Waals surface area contributed by atoms with E-state index >= 15 is 0 Å². The standard InChI is InChI=1S/C14H15BrN2OS/c1-18-11-5-2-4-10(8-11)13(16)9-19-14-12(15)6-3-7-17-14/h2-8,13H,9,16H2,1H3. The number of methoxy groups -OCH3 is 1. The van der Waals surface area contributed by atoms with Crippen molar-refractivity contribution in [1.82, 2.24) is 4.98 Å². The van der Waals surface area contributed by atoms with E-state index in [0.29, 0.717) is 0 Å². The minimum absolute atomic E-state index is 0.0472. The van der Waals surface area contributed by atoms with Gasteiger partial charge in [0.2, 0.25) is 0 Å². The van der Waals surface area contributed by atoms with Gasteiger partial charge in [0.25, 0.3) is 0 Å². The van der Waals surface area contributed by atoms with E-state index in [0.717, 1.165) is 26.6 Å². The first-order valence-electron chi connectivity index (χ1n) is 5.83. The zero-order valence-corrected chi connectivity index (χ0v) is 12.9. The molecule has 0 saturated carbocycles. The van der Waals surface area contributed by atoms with Crippen LogP contribution >= 0.6 is 27.7 Å². The van der Waals surface area contributed by atoms with Crippen molar-refractivity contribution in [2.24, 2.45) is 5.73 Å². The summed E-state index contributed by atoms with van der Waals surface area (Å²) in [4.78, 5) is 4.31. The van der Waals surface area contributed by atoms with Crippen molar-refractivity contribution in [2.45, 2.75) is 11.1 Å². The Labute approximate surface area is 125 Å². The second kappa shape index (κ2) is 6.93. The Morgan fingerprint density at radius 2 is 2.21 bits per heavy atom. The van der Waals surface area contributed by atoms with E-state index in [2.05, 4.69) is 20.9 Å². The quantitative estimate of drug-likeness (QED) is 0.845. The fraction of sp³-hybridized carbons (Fsp3) is 0.214. The van der Waals surface area contributed by atoms with Crippen LogP contribution in [0.25, 0.3) is 0 Å². The highest BCUT2D eigenvalue weighted by atomic mass is 79.9. The predicted octanol–water partition coefficient (Wildman–Crippen LogP) is 3.64. The Balaban J connectivity index is 2.01. The number of nitrogens with two attached hydrogens (primary N) is 1. The lowest BCUT2D eigenvalue weighted by atomic mass is 10.1. The molecule has 100 valence electrons. The molecule has 0 amide bonds. The molecule has 0 aliphatic rings. The largest absolute Gasteiger partial charge is 0.497 e. The fourth-order valence-electron chi connectivity index (χ4n) is 1.61. The Morgan fingerprint density at radius 1 is 1.37 bits per heavy atom. The molecule has 0 fully saturated rings. The molecule has 1 atom stereocenters. The molecule has 0 aliphatic heterocycles. The highest BCUT2D eigenvalue weighted by molar-refractivity contribution is 9.10. The van der Waals surface area contributed by atoms with Crippen LogP contribution in [0.15, 0.2) is 52.1 Å². The molecule has 1 unspecified atom stereocenters. The van der Waals surface area contributed by atoms with E-state index in [-0.39, 0.29) is 6.04 Å². The lowest BCUT2D eigenvalue weighted by Crippen LogP contribution is -2.13. The van der Waals surface area contributed by atoms with E-state index in [4.69, 9.17) is 10.5 Å². The summed E-state index contributed by atoms with van der Waals surface area (Å²) < 4.78 is 6.20. The number of pyridine rings is 1. The molecule has 0 radical (unpaired) electrons. The fourth-order valence-corrected chi connectivity index (χ4v) is 3.08. The zero-order chi connectivity index (χ0) is 13.7.